The van der Waals surface area contributed by atoms with Gasteiger partial charge in [0.1, 0.15) is 0 Å². The van der Waals surface area contributed by atoms with E-state index in [0.29, 0.717) is 0 Å². The normalized spacial score (nSPS) is 14.9. The molecule has 0 aliphatic heterocycles. The Labute approximate surface area is 375 Å². The van der Waals surface area contributed by atoms with E-state index in [1.807, 2.05) is 0 Å². The molecule has 0 bridgehead atoms. The van der Waals surface area contributed by atoms with Crippen LogP contribution in [0.5, 0.6) is 0 Å². The lowest BCUT2D eigenvalue weighted by Gasteiger charge is -2.58. The third-order valence-corrected chi connectivity index (χ3v) is 12.9. The Kier molecular flexibility index (Phi) is 14.9. The molecule has 0 saturated carbocycles. The van der Waals surface area contributed by atoms with Crippen molar-refractivity contribution in [3.63, 3.8) is 0 Å². The fraction of sp³-hybridized carbons (Fsp3) is 0.400. The predicted molar refractivity (Wildman–Crippen MR) is 190 cm³/mol. The van der Waals surface area contributed by atoms with Crippen molar-refractivity contribution < 1.29 is 121 Å². The molecule has 4 rings (SSSR count). The van der Waals surface area contributed by atoms with Crippen LogP contribution in [-0.2, 0) is 37.6 Å². The number of benzene rings is 4. The molecular formula is C40H28AlF24O4-. The van der Waals surface area contributed by atoms with Gasteiger partial charge < -0.3 is 15.2 Å². The average Bonchev–Trinajstić information content (AvgIpc) is 3.15. The Hall–Kier alpha value is -4.43. The van der Waals surface area contributed by atoms with Crippen LogP contribution in [0.4, 0.5) is 105 Å². The zero-order valence-electron chi connectivity index (χ0n) is 34.5. The minimum atomic E-state index is -11.3. The highest BCUT2D eigenvalue weighted by Crippen LogP contribution is 2.64. The van der Waals surface area contributed by atoms with Crippen LogP contribution in [0.3, 0.4) is 0 Å². The quantitative estimate of drug-likeness (QED) is 0.105. The lowest BCUT2D eigenvalue weighted by atomic mass is 9.91. The zero-order valence-corrected chi connectivity index (χ0v) is 35.7. The third kappa shape index (κ3) is 9.96. The van der Waals surface area contributed by atoms with Crippen molar-refractivity contribution in [3.8, 4) is 0 Å². The highest BCUT2D eigenvalue weighted by molar-refractivity contribution is 6.54. The Morgan fingerprint density at radius 3 is 0.449 bits per heavy atom. The summed E-state index contributed by atoms with van der Waals surface area (Å²) in [6.45, 7) is 3.38. The van der Waals surface area contributed by atoms with E-state index < -0.39 is 179 Å². The molecule has 0 radical (unpaired) electrons. The molecule has 4 aromatic carbocycles. The van der Waals surface area contributed by atoms with Crippen LogP contribution in [0, 0.1) is 27.7 Å². The van der Waals surface area contributed by atoms with E-state index in [1.165, 1.54) is 0 Å². The summed E-state index contributed by atoms with van der Waals surface area (Å²) in [5.41, 5.74) is -42.4. The van der Waals surface area contributed by atoms with Gasteiger partial charge in [-0.2, -0.15) is 105 Å². The second kappa shape index (κ2) is 18.0. The van der Waals surface area contributed by atoms with E-state index in [2.05, 4.69) is 15.2 Å². The second-order valence-corrected chi connectivity index (χ2v) is 17.3. The molecule has 0 fully saturated rings. The van der Waals surface area contributed by atoms with Gasteiger partial charge in [-0.3, -0.25) is 0 Å². The standard InChI is InChI=1S/4C10H7F6O.Al/c4*1-6-2-4-7(5-3-6)8(17,9(11,12)13)10(14,15)16;/h4*2-5H,1H3;/q4*-1;+3. The topological polar surface area (TPSA) is 36.9 Å². The SMILES string of the molecule is Cc1ccc(C([O][Al-]([O]C(c2ccc(C)cc2)(C(F)(F)F)C(F)(F)F)([O]C(c2ccc(C)cc2)(C(F)(F)F)C(F)(F)F)[O]C(c2ccc(C)cc2)(C(F)(F)F)C(F)(F)F)(C(F)(F)F)C(F)(F)F)cc1. The molecule has 0 saturated heterocycles. The summed E-state index contributed by atoms with van der Waals surface area (Å²) in [6.07, 6.45) is -62.9. The number of aryl methyl sites for hydroxylation is 4. The predicted octanol–water partition coefficient (Wildman–Crippen LogP) is 14.8. The Morgan fingerprint density at radius 1 is 0.232 bits per heavy atom. The van der Waals surface area contributed by atoms with Crippen molar-refractivity contribution in [1.82, 2.24) is 0 Å². The van der Waals surface area contributed by atoms with E-state index in [-0.39, 0.29) is 48.5 Å². The molecule has 0 unspecified atom stereocenters. The van der Waals surface area contributed by atoms with Crippen LogP contribution < -0.4 is 0 Å². The fourth-order valence-electron chi connectivity index (χ4n) is 6.92. The maximum Gasteiger partial charge on any atom is 0.879 e. The maximum atomic E-state index is 15.7. The minimum absolute atomic E-state index is 0.145. The molecule has 0 aromatic heterocycles. The Morgan fingerprint density at radius 2 is 0.348 bits per heavy atom. The molecule has 0 aliphatic carbocycles. The van der Waals surface area contributed by atoms with Crippen LogP contribution in [0.2, 0.25) is 0 Å². The van der Waals surface area contributed by atoms with E-state index in [9.17, 15) is 0 Å². The second-order valence-electron chi connectivity index (χ2n) is 15.2. The lowest BCUT2D eigenvalue weighted by Crippen LogP contribution is -2.75. The van der Waals surface area contributed by atoms with Crippen LogP contribution in [0.15, 0.2) is 97.1 Å². The van der Waals surface area contributed by atoms with Gasteiger partial charge in [-0.05, 0) is 49.9 Å². The summed E-state index contributed by atoms with van der Waals surface area (Å²) >= 11 is -11.3. The van der Waals surface area contributed by atoms with Crippen LogP contribution >= 0.6 is 0 Å². The number of rotatable bonds is 12. The van der Waals surface area contributed by atoms with E-state index in [4.69, 9.17) is 0 Å². The molecular weight excluding hydrogens is 1030 g/mol. The summed E-state index contributed by atoms with van der Waals surface area (Å²) in [4.78, 5) is 0. The van der Waals surface area contributed by atoms with E-state index >= 15 is 105 Å². The molecule has 0 amide bonds. The summed E-state index contributed by atoms with van der Waals surface area (Å²) < 4.78 is 391. The largest absolute Gasteiger partial charge is 0.879 e. The van der Waals surface area contributed by atoms with E-state index in [0.717, 1.165) is 27.7 Å². The number of hydrogen-bond acceptors (Lipinski definition) is 4. The third-order valence-electron chi connectivity index (χ3n) is 10.3. The summed E-state index contributed by atoms with van der Waals surface area (Å²) in [5, 5.41) is 0. The van der Waals surface area contributed by atoms with Crippen molar-refractivity contribution in [2.75, 3.05) is 0 Å². The molecule has 4 aromatic rings. The number of hydrogen-bond donors (Lipinski definition) is 0. The monoisotopic (exact) mass is 1060 g/mol. The summed E-state index contributed by atoms with van der Waals surface area (Å²) in [5.74, 6) is 0. The van der Waals surface area contributed by atoms with Gasteiger partial charge >= 0.3 is 63.8 Å². The van der Waals surface area contributed by atoms with Gasteiger partial charge in [0.25, 0.3) is 0 Å². The van der Waals surface area contributed by atoms with Crippen LogP contribution in [0.25, 0.3) is 0 Å². The van der Waals surface area contributed by atoms with Gasteiger partial charge in [-0.25, -0.2) is 0 Å². The van der Waals surface area contributed by atoms with Crippen molar-refractivity contribution in [1.29, 1.82) is 0 Å². The summed E-state index contributed by atoms with van der Waals surface area (Å²) in [6, 6.07) is -2.82. The van der Waals surface area contributed by atoms with Gasteiger partial charge in [-0.1, -0.05) is 119 Å². The van der Waals surface area contributed by atoms with Gasteiger partial charge in [0, 0.05) is 0 Å². The first-order valence-corrected chi connectivity index (χ1v) is 20.5. The first-order valence-electron chi connectivity index (χ1n) is 18.6. The minimum Gasteiger partial charge on any atom is -0.565 e. The Balaban J connectivity index is 2.62. The van der Waals surface area contributed by atoms with E-state index in [1.54, 1.807) is 0 Å². The molecule has 29 heteroatoms. The van der Waals surface area contributed by atoms with Gasteiger partial charge in [0.15, 0.2) is 0 Å². The zero-order chi connectivity index (χ0) is 53.3. The summed E-state index contributed by atoms with van der Waals surface area (Å²) in [7, 11) is 0. The highest BCUT2D eigenvalue weighted by atomic mass is 27.3. The smallest absolute Gasteiger partial charge is 0.565 e. The van der Waals surface area contributed by atoms with Crippen LogP contribution in [-0.4, -0.2) is 63.8 Å². The lowest BCUT2D eigenvalue weighted by molar-refractivity contribution is -0.441. The van der Waals surface area contributed by atoms with Gasteiger partial charge in [0.05, 0.1) is 0 Å². The maximum absolute atomic E-state index is 15.7. The fourth-order valence-corrected chi connectivity index (χ4v) is 10.6. The molecule has 0 heterocycles. The number of halogens is 24. The van der Waals surface area contributed by atoms with Crippen molar-refractivity contribution in [3.05, 3.63) is 142 Å². The molecule has 0 spiro atoms. The van der Waals surface area contributed by atoms with Crippen molar-refractivity contribution >= 4 is 14.4 Å². The number of alkyl halides is 24. The molecule has 0 atom stereocenters. The first-order chi connectivity index (χ1) is 30.8. The molecule has 4 nitrogen and oxygen atoms in total. The van der Waals surface area contributed by atoms with Crippen molar-refractivity contribution in [2.24, 2.45) is 0 Å². The molecule has 0 N–H and O–H groups in total. The van der Waals surface area contributed by atoms with Crippen molar-refractivity contribution in [2.45, 2.75) is 99.5 Å². The van der Waals surface area contributed by atoms with Gasteiger partial charge in [-0.15, -0.1) is 0 Å². The Bertz CT molecular complexity index is 1980. The molecule has 0 aliphatic rings. The van der Waals surface area contributed by atoms with Crippen LogP contribution in [0.1, 0.15) is 44.5 Å². The molecule has 69 heavy (non-hydrogen) atoms. The molecule has 384 valence electrons. The average molecular weight is 1060 g/mol. The highest BCUT2D eigenvalue weighted by Gasteiger charge is 2.87. The van der Waals surface area contributed by atoms with Gasteiger partial charge in [0.2, 0.25) is 22.4 Å². The first kappa shape index (κ1) is 57.2.